The third-order valence-electron chi connectivity index (χ3n) is 4.53. The molecule has 2 atom stereocenters. The molecule has 19 heavy (non-hydrogen) atoms. The van der Waals surface area contributed by atoms with Crippen LogP contribution >= 0.6 is 0 Å². The van der Waals surface area contributed by atoms with Gasteiger partial charge in [0, 0.05) is 38.0 Å². The van der Waals surface area contributed by atoms with Gasteiger partial charge in [-0.3, -0.25) is 14.5 Å². The van der Waals surface area contributed by atoms with Gasteiger partial charge in [-0.1, -0.05) is 0 Å². The van der Waals surface area contributed by atoms with E-state index in [4.69, 9.17) is 5.11 Å². The average Bonchev–Trinajstić information content (AvgIpc) is 2.58. The molecule has 108 valence electrons. The minimum atomic E-state index is -0.777. The van der Waals surface area contributed by atoms with Crippen LogP contribution in [0.4, 0.5) is 0 Å². The van der Waals surface area contributed by atoms with Gasteiger partial charge in [0.1, 0.15) is 0 Å². The van der Waals surface area contributed by atoms with Crippen molar-refractivity contribution < 1.29 is 14.7 Å². The maximum Gasteiger partial charge on any atom is 0.303 e. The predicted molar refractivity (Wildman–Crippen MR) is 71.9 cm³/mol. The van der Waals surface area contributed by atoms with Gasteiger partial charge in [0.25, 0.3) is 0 Å². The predicted octanol–water partition coefficient (Wildman–Crippen LogP) is 1.33. The number of unbranched alkanes of at least 4 members (excludes halogenated alkanes) is 1. The van der Waals surface area contributed by atoms with Crippen molar-refractivity contribution in [2.45, 2.75) is 57.0 Å². The van der Waals surface area contributed by atoms with Gasteiger partial charge in [-0.15, -0.1) is 0 Å². The Morgan fingerprint density at radius 3 is 2.53 bits per heavy atom. The quantitative estimate of drug-likeness (QED) is 0.764. The second kappa shape index (κ2) is 6.37. The van der Waals surface area contributed by atoms with Gasteiger partial charge in [-0.05, 0) is 39.2 Å². The van der Waals surface area contributed by atoms with Gasteiger partial charge in [0.15, 0.2) is 0 Å². The van der Waals surface area contributed by atoms with E-state index in [0.29, 0.717) is 31.3 Å². The highest BCUT2D eigenvalue weighted by atomic mass is 16.4. The first kappa shape index (κ1) is 14.3. The molecule has 0 saturated carbocycles. The number of aliphatic carboxylic acids is 1. The fourth-order valence-electron chi connectivity index (χ4n) is 3.25. The summed E-state index contributed by atoms with van der Waals surface area (Å²) >= 11 is 0. The van der Waals surface area contributed by atoms with Crippen molar-refractivity contribution in [1.82, 2.24) is 9.80 Å². The average molecular weight is 268 g/mol. The Labute approximate surface area is 114 Å². The minimum absolute atomic E-state index is 0.167. The van der Waals surface area contributed by atoms with Gasteiger partial charge < -0.3 is 10.0 Å². The highest BCUT2D eigenvalue weighted by molar-refractivity contribution is 5.76. The zero-order valence-electron chi connectivity index (χ0n) is 11.7. The molecule has 5 nitrogen and oxygen atoms in total. The van der Waals surface area contributed by atoms with Crippen molar-refractivity contribution in [3.8, 4) is 0 Å². The summed E-state index contributed by atoms with van der Waals surface area (Å²) in [5.74, 6) is -0.576. The van der Waals surface area contributed by atoms with E-state index in [-0.39, 0.29) is 12.3 Å². The summed E-state index contributed by atoms with van der Waals surface area (Å²) in [5.41, 5.74) is 0. The van der Waals surface area contributed by atoms with Crippen molar-refractivity contribution in [1.29, 1.82) is 0 Å². The molecule has 0 aromatic heterocycles. The summed E-state index contributed by atoms with van der Waals surface area (Å²) < 4.78 is 0. The van der Waals surface area contributed by atoms with Gasteiger partial charge in [-0.25, -0.2) is 0 Å². The van der Waals surface area contributed by atoms with Crippen LogP contribution < -0.4 is 0 Å². The van der Waals surface area contributed by atoms with Crippen molar-refractivity contribution in [2.75, 3.05) is 20.1 Å². The summed E-state index contributed by atoms with van der Waals surface area (Å²) in [6.45, 7) is 1.72. The fourth-order valence-corrected chi connectivity index (χ4v) is 3.25. The topological polar surface area (TPSA) is 60.9 Å². The Morgan fingerprint density at radius 1 is 1.11 bits per heavy atom. The largest absolute Gasteiger partial charge is 0.481 e. The summed E-state index contributed by atoms with van der Waals surface area (Å²) in [5, 5.41) is 8.56. The Bertz CT molecular complexity index is 346. The van der Waals surface area contributed by atoms with Crippen molar-refractivity contribution >= 4 is 11.9 Å². The van der Waals surface area contributed by atoms with Crippen LogP contribution in [0.25, 0.3) is 0 Å². The molecule has 0 aromatic rings. The molecular formula is C14H24N2O3. The number of rotatable bonds is 5. The molecule has 2 fully saturated rings. The molecule has 2 unspecified atom stereocenters. The van der Waals surface area contributed by atoms with Crippen LogP contribution in [0.3, 0.4) is 0 Å². The molecule has 2 saturated heterocycles. The number of amides is 1. The third-order valence-corrected chi connectivity index (χ3v) is 4.53. The molecule has 0 spiro atoms. The van der Waals surface area contributed by atoms with Crippen LogP contribution in [-0.2, 0) is 9.59 Å². The normalized spacial score (nSPS) is 27.3. The van der Waals surface area contributed by atoms with Gasteiger partial charge >= 0.3 is 5.97 Å². The lowest BCUT2D eigenvalue weighted by Crippen LogP contribution is -2.39. The monoisotopic (exact) mass is 268 g/mol. The Morgan fingerprint density at radius 2 is 1.79 bits per heavy atom. The van der Waals surface area contributed by atoms with Gasteiger partial charge in [0.05, 0.1) is 0 Å². The molecule has 1 N–H and O–H groups in total. The molecular weight excluding hydrogens is 244 g/mol. The minimum Gasteiger partial charge on any atom is -0.481 e. The van der Waals surface area contributed by atoms with Crippen LogP contribution in [0.15, 0.2) is 0 Å². The lowest BCUT2D eigenvalue weighted by molar-refractivity contribution is -0.137. The summed E-state index contributed by atoms with van der Waals surface area (Å²) in [4.78, 5) is 27.0. The molecule has 2 bridgehead atoms. The first-order valence-corrected chi connectivity index (χ1v) is 7.29. The number of carboxylic acids is 1. The number of carboxylic acid groups (broad SMARTS) is 1. The van der Waals surface area contributed by atoms with Gasteiger partial charge in [-0.2, -0.15) is 0 Å². The second-order valence-electron chi connectivity index (χ2n) is 5.78. The van der Waals surface area contributed by atoms with Crippen LogP contribution in [0.5, 0.6) is 0 Å². The first-order chi connectivity index (χ1) is 9.08. The van der Waals surface area contributed by atoms with E-state index >= 15 is 0 Å². The third kappa shape index (κ3) is 3.69. The molecule has 0 aliphatic carbocycles. The van der Waals surface area contributed by atoms with Crippen molar-refractivity contribution in [2.24, 2.45) is 0 Å². The molecule has 0 aromatic carbocycles. The Kier molecular flexibility index (Phi) is 4.80. The number of likely N-dealkylation sites (tertiary alicyclic amines) is 1. The highest BCUT2D eigenvalue weighted by Crippen LogP contribution is 2.28. The number of carbonyl (C=O) groups excluding carboxylic acids is 1. The lowest BCUT2D eigenvalue weighted by atomic mass is 10.1. The number of hydrogen-bond donors (Lipinski definition) is 1. The Balaban J connectivity index is 1.75. The second-order valence-corrected chi connectivity index (χ2v) is 5.78. The number of fused-ring (bicyclic) bond motifs is 2. The van der Waals surface area contributed by atoms with Crippen molar-refractivity contribution in [3.63, 3.8) is 0 Å². The van der Waals surface area contributed by atoms with Crippen LogP contribution in [0.1, 0.15) is 44.9 Å². The summed E-state index contributed by atoms with van der Waals surface area (Å²) in [6, 6.07) is 1.17. The maximum absolute atomic E-state index is 12.1. The number of carbonyl (C=O) groups is 2. The van der Waals surface area contributed by atoms with E-state index in [2.05, 4.69) is 11.9 Å². The fraction of sp³-hybridized carbons (Fsp3) is 0.857. The zero-order chi connectivity index (χ0) is 13.8. The maximum atomic E-state index is 12.1. The summed E-state index contributed by atoms with van der Waals surface area (Å²) in [7, 11) is 2.17. The van der Waals surface area contributed by atoms with E-state index in [1.54, 1.807) is 0 Å². The lowest BCUT2D eigenvalue weighted by Gasteiger charge is -2.25. The highest BCUT2D eigenvalue weighted by Gasteiger charge is 2.35. The van der Waals surface area contributed by atoms with E-state index < -0.39 is 5.97 Å². The molecule has 2 aliphatic heterocycles. The van der Waals surface area contributed by atoms with E-state index in [0.717, 1.165) is 19.5 Å². The van der Waals surface area contributed by atoms with Crippen LogP contribution in [0, 0.1) is 0 Å². The summed E-state index contributed by atoms with van der Waals surface area (Å²) in [6.07, 6.45) is 5.49. The molecule has 5 heteroatoms. The molecule has 2 rings (SSSR count). The van der Waals surface area contributed by atoms with E-state index in [1.165, 1.54) is 12.8 Å². The SMILES string of the molecule is CN1C2CCC1CN(C(=O)CCCCC(=O)O)CC2. The van der Waals surface area contributed by atoms with Crippen LogP contribution in [-0.4, -0.2) is 59.0 Å². The van der Waals surface area contributed by atoms with E-state index in [9.17, 15) is 9.59 Å². The number of hydrogen-bond acceptors (Lipinski definition) is 3. The van der Waals surface area contributed by atoms with Crippen LogP contribution in [0.2, 0.25) is 0 Å². The van der Waals surface area contributed by atoms with E-state index in [1.807, 2.05) is 4.90 Å². The van der Waals surface area contributed by atoms with Crippen molar-refractivity contribution in [3.05, 3.63) is 0 Å². The zero-order valence-corrected chi connectivity index (χ0v) is 11.7. The van der Waals surface area contributed by atoms with Gasteiger partial charge in [0.2, 0.25) is 5.91 Å². The smallest absolute Gasteiger partial charge is 0.303 e. The molecule has 0 radical (unpaired) electrons. The first-order valence-electron chi connectivity index (χ1n) is 7.29. The molecule has 1 amide bonds. The standard InChI is InChI=1S/C14H24N2O3/c1-15-11-6-7-12(15)10-16(9-8-11)13(17)4-2-3-5-14(18)19/h11-12H,2-10H2,1H3,(H,18,19). The molecule has 2 aliphatic rings. The number of nitrogens with zero attached hydrogens (tertiary/aromatic N) is 2. The molecule has 2 heterocycles. The Hall–Kier alpha value is -1.10. The number of likely N-dealkylation sites (N-methyl/N-ethyl adjacent to an activating group) is 1.